The zero-order chi connectivity index (χ0) is 8.39. The molecule has 0 aromatic carbocycles. The van der Waals surface area contributed by atoms with E-state index in [1.807, 2.05) is 6.07 Å². The molecule has 2 aliphatic rings. The number of hydrazine groups is 1. The van der Waals surface area contributed by atoms with E-state index in [4.69, 9.17) is 5.26 Å². The third-order valence-corrected chi connectivity index (χ3v) is 1.55. The number of nitrogens with one attached hydrogen (secondary N) is 2. The molecule has 2 heterocycles. The summed E-state index contributed by atoms with van der Waals surface area (Å²) in [5, 5.41) is 16.0. The van der Waals surface area contributed by atoms with Crippen LogP contribution in [0.3, 0.4) is 0 Å². The molecular weight excluding hydrogens is 154 g/mol. The van der Waals surface area contributed by atoms with Crippen molar-refractivity contribution in [2.24, 2.45) is 10.2 Å². The molecule has 0 aliphatic carbocycles. The molecule has 2 N–H and O–H groups in total. The van der Waals surface area contributed by atoms with E-state index >= 15 is 0 Å². The van der Waals surface area contributed by atoms with Crippen molar-refractivity contribution in [1.29, 1.82) is 5.26 Å². The third-order valence-electron chi connectivity index (χ3n) is 1.55. The van der Waals surface area contributed by atoms with Crippen LogP contribution >= 0.6 is 0 Å². The highest BCUT2D eigenvalue weighted by Gasteiger charge is 2.14. The second kappa shape index (κ2) is 2.51. The van der Waals surface area contributed by atoms with Crippen molar-refractivity contribution in [3.05, 3.63) is 23.0 Å². The first kappa shape index (κ1) is 6.61. The second-order valence-corrected chi connectivity index (χ2v) is 2.26. The van der Waals surface area contributed by atoms with Crippen LogP contribution in [0.5, 0.6) is 0 Å². The highest BCUT2D eigenvalue weighted by Crippen LogP contribution is 2.13. The van der Waals surface area contributed by atoms with E-state index in [2.05, 4.69) is 21.1 Å². The number of nitriles is 1. The van der Waals surface area contributed by atoms with Crippen molar-refractivity contribution in [1.82, 2.24) is 10.9 Å². The van der Waals surface area contributed by atoms with Crippen molar-refractivity contribution >= 4 is 12.4 Å². The molecule has 0 bridgehead atoms. The van der Waals surface area contributed by atoms with Crippen LogP contribution in [0.25, 0.3) is 0 Å². The maximum atomic E-state index is 8.68. The second-order valence-electron chi connectivity index (χ2n) is 2.26. The lowest BCUT2D eigenvalue weighted by atomic mass is 10.1. The molecule has 0 radical (unpaired) electrons. The van der Waals surface area contributed by atoms with Gasteiger partial charge in [0, 0.05) is 11.8 Å². The van der Waals surface area contributed by atoms with Gasteiger partial charge in [0.15, 0.2) is 0 Å². The van der Waals surface area contributed by atoms with Crippen molar-refractivity contribution < 1.29 is 0 Å². The summed E-state index contributed by atoms with van der Waals surface area (Å²) in [6, 6.07) is 2.05. The maximum absolute atomic E-state index is 8.68. The first-order valence-electron chi connectivity index (χ1n) is 3.34. The van der Waals surface area contributed by atoms with E-state index in [1.54, 1.807) is 18.6 Å². The van der Waals surface area contributed by atoms with Crippen molar-refractivity contribution in [2.75, 3.05) is 0 Å². The molecular formula is C7H5N5. The van der Waals surface area contributed by atoms with Gasteiger partial charge in [-0.25, -0.2) is 0 Å². The summed E-state index contributed by atoms with van der Waals surface area (Å²) in [5.41, 5.74) is 7.66. The minimum Gasteiger partial charge on any atom is -0.307 e. The number of hydrogen-bond donors (Lipinski definition) is 2. The molecule has 5 nitrogen and oxygen atoms in total. The smallest absolute Gasteiger partial charge is 0.103 e. The Labute approximate surface area is 68.8 Å². The molecule has 0 atom stereocenters. The van der Waals surface area contributed by atoms with Crippen molar-refractivity contribution in [3.8, 4) is 6.07 Å². The summed E-state index contributed by atoms with van der Waals surface area (Å²) in [6.45, 7) is 0. The number of nitrogens with zero attached hydrogens (tertiary/aromatic N) is 3. The fraction of sp³-hybridized carbons (Fsp3) is 0. The van der Waals surface area contributed by atoms with Crippen LogP contribution in [0.2, 0.25) is 0 Å². The predicted molar refractivity (Wildman–Crippen MR) is 44.0 cm³/mol. The summed E-state index contributed by atoms with van der Waals surface area (Å²) in [7, 11) is 0. The molecule has 2 aliphatic heterocycles. The normalized spacial score (nSPS) is 18.8. The summed E-state index contributed by atoms with van der Waals surface area (Å²) in [6.07, 6.45) is 4.80. The Kier molecular flexibility index (Phi) is 1.38. The Morgan fingerprint density at radius 2 is 2.08 bits per heavy atom. The van der Waals surface area contributed by atoms with Gasteiger partial charge < -0.3 is 5.43 Å². The fourth-order valence-corrected chi connectivity index (χ4v) is 0.989. The molecule has 0 spiro atoms. The van der Waals surface area contributed by atoms with E-state index in [0.29, 0.717) is 5.57 Å². The van der Waals surface area contributed by atoms with E-state index < -0.39 is 0 Å². The van der Waals surface area contributed by atoms with Crippen molar-refractivity contribution in [2.45, 2.75) is 0 Å². The lowest BCUT2D eigenvalue weighted by Gasteiger charge is -1.99. The van der Waals surface area contributed by atoms with Gasteiger partial charge in [0.1, 0.15) is 6.07 Å². The molecule has 12 heavy (non-hydrogen) atoms. The van der Waals surface area contributed by atoms with Gasteiger partial charge in [-0.1, -0.05) is 0 Å². The lowest BCUT2D eigenvalue weighted by molar-refractivity contribution is 0.784. The lowest BCUT2D eigenvalue weighted by Crippen LogP contribution is -2.20. The van der Waals surface area contributed by atoms with Crippen LogP contribution < -0.4 is 10.9 Å². The Bertz CT molecular complexity index is 352. The molecule has 5 heteroatoms. The van der Waals surface area contributed by atoms with E-state index in [-0.39, 0.29) is 0 Å². The SMILES string of the molecule is N#CC1=CNNC1=C1C=NN=C1. The van der Waals surface area contributed by atoms with E-state index in [0.717, 1.165) is 11.3 Å². The van der Waals surface area contributed by atoms with Gasteiger partial charge in [0.05, 0.1) is 23.7 Å². The van der Waals surface area contributed by atoms with E-state index in [9.17, 15) is 0 Å². The van der Waals surface area contributed by atoms with E-state index in [1.165, 1.54) is 0 Å². The monoisotopic (exact) mass is 159 g/mol. The van der Waals surface area contributed by atoms with Gasteiger partial charge in [0.25, 0.3) is 0 Å². The van der Waals surface area contributed by atoms with Gasteiger partial charge in [-0.3, -0.25) is 5.43 Å². The van der Waals surface area contributed by atoms with Crippen LogP contribution in [0.1, 0.15) is 0 Å². The zero-order valence-electron chi connectivity index (χ0n) is 6.07. The van der Waals surface area contributed by atoms with Gasteiger partial charge >= 0.3 is 0 Å². The first-order chi connectivity index (χ1) is 5.92. The third kappa shape index (κ3) is 0.864. The maximum Gasteiger partial charge on any atom is 0.103 e. The largest absolute Gasteiger partial charge is 0.307 e. The first-order valence-corrected chi connectivity index (χ1v) is 3.34. The average molecular weight is 159 g/mol. The molecule has 0 aromatic heterocycles. The quantitative estimate of drug-likeness (QED) is 0.515. The molecule has 0 unspecified atom stereocenters. The zero-order valence-corrected chi connectivity index (χ0v) is 6.07. The molecule has 0 saturated heterocycles. The van der Waals surface area contributed by atoms with Gasteiger partial charge in [0.2, 0.25) is 0 Å². The van der Waals surface area contributed by atoms with Gasteiger partial charge in [-0.15, -0.1) is 0 Å². The Balaban J connectivity index is 2.43. The molecule has 0 amide bonds. The summed E-state index contributed by atoms with van der Waals surface area (Å²) in [5.74, 6) is 0. The van der Waals surface area contributed by atoms with Crippen LogP contribution in [-0.2, 0) is 0 Å². The fourth-order valence-electron chi connectivity index (χ4n) is 0.989. The Hall–Kier alpha value is -2.09. The molecule has 0 fully saturated rings. The molecule has 0 saturated carbocycles. The average Bonchev–Trinajstić information content (AvgIpc) is 2.74. The van der Waals surface area contributed by atoms with Crippen LogP contribution in [0.15, 0.2) is 33.2 Å². The Morgan fingerprint density at radius 1 is 1.33 bits per heavy atom. The minimum absolute atomic E-state index is 0.560. The topological polar surface area (TPSA) is 72.6 Å². The minimum atomic E-state index is 0.560. The predicted octanol–water partition coefficient (Wildman–Crippen LogP) is -0.174. The number of hydrogen-bond acceptors (Lipinski definition) is 5. The van der Waals surface area contributed by atoms with Crippen molar-refractivity contribution in [3.63, 3.8) is 0 Å². The highest BCUT2D eigenvalue weighted by atomic mass is 15.4. The van der Waals surface area contributed by atoms with Crippen LogP contribution in [0.4, 0.5) is 0 Å². The summed E-state index contributed by atoms with van der Waals surface area (Å²) in [4.78, 5) is 0. The highest BCUT2D eigenvalue weighted by molar-refractivity contribution is 6.08. The number of allylic oxidation sites excluding steroid dienone is 2. The van der Waals surface area contributed by atoms with Crippen LogP contribution in [0, 0.1) is 11.3 Å². The Morgan fingerprint density at radius 3 is 2.75 bits per heavy atom. The van der Waals surface area contributed by atoms with Gasteiger partial charge in [-0.05, 0) is 0 Å². The van der Waals surface area contributed by atoms with Crippen LogP contribution in [-0.4, -0.2) is 12.4 Å². The molecule has 0 aromatic rings. The molecule has 58 valence electrons. The number of rotatable bonds is 0. The standard InChI is InChI=1S/C7H5N5/c8-1-5-2-11-12-7(5)6-3-9-10-4-6/h2-4,11-12H. The summed E-state index contributed by atoms with van der Waals surface area (Å²) >= 11 is 0. The molecule has 2 rings (SSSR count). The van der Waals surface area contributed by atoms with Gasteiger partial charge in [-0.2, -0.15) is 15.5 Å². The summed E-state index contributed by atoms with van der Waals surface area (Å²) < 4.78 is 0.